The fourth-order valence-corrected chi connectivity index (χ4v) is 1.05. The Morgan fingerprint density at radius 3 is 1.75 bits per heavy atom. The summed E-state index contributed by atoms with van der Waals surface area (Å²) in [6.07, 6.45) is 0. The van der Waals surface area contributed by atoms with E-state index in [-0.39, 0.29) is 12.1 Å². The van der Waals surface area contributed by atoms with E-state index in [1.165, 1.54) is 0 Å². The lowest BCUT2D eigenvalue weighted by Crippen LogP contribution is -2.47. The van der Waals surface area contributed by atoms with E-state index in [4.69, 9.17) is 5.11 Å². The van der Waals surface area contributed by atoms with Gasteiger partial charge in [0.05, 0.1) is 6.61 Å². The van der Waals surface area contributed by atoms with Gasteiger partial charge in [0.15, 0.2) is 0 Å². The SMILES string of the molecule is CN(CC(C)(C)C)C(C)(C)CO. The summed E-state index contributed by atoms with van der Waals surface area (Å²) in [6, 6.07) is 0. The molecule has 0 aliphatic heterocycles. The van der Waals surface area contributed by atoms with Gasteiger partial charge in [-0.25, -0.2) is 0 Å². The summed E-state index contributed by atoms with van der Waals surface area (Å²) in [5.74, 6) is 0. The lowest BCUT2D eigenvalue weighted by Gasteiger charge is -2.38. The number of aliphatic hydroxyl groups is 1. The van der Waals surface area contributed by atoms with Gasteiger partial charge in [-0.15, -0.1) is 0 Å². The van der Waals surface area contributed by atoms with E-state index in [2.05, 4.69) is 46.6 Å². The van der Waals surface area contributed by atoms with Crippen molar-refractivity contribution < 1.29 is 5.11 Å². The van der Waals surface area contributed by atoms with Crippen LogP contribution in [0.1, 0.15) is 34.6 Å². The van der Waals surface area contributed by atoms with E-state index in [1.54, 1.807) is 0 Å². The first kappa shape index (κ1) is 11.9. The third-order valence-electron chi connectivity index (χ3n) is 2.13. The van der Waals surface area contributed by atoms with Crippen LogP contribution in [0.4, 0.5) is 0 Å². The lowest BCUT2D eigenvalue weighted by atomic mass is 9.93. The number of likely N-dealkylation sites (N-methyl/N-ethyl adjacent to an activating group) is 1. The second-order valence-corrected chi connectivity index (χ2v) is 5.39. The fourth-order valence-electron chi connectivity index (χ4n) is 1.05. The second-order valence-electron chi connectivity index (χ2n) is 5.39. The van der Waals surface area contributed by atoms with Crippen LogP contribution in [0.25, 0.3) is 0 Å². The van der Waals surface area contributed by atoms with Crippen molar-refractivity contribution in [3.8, 4) is 0 Å². The second kappa shape index (κ2) is 3.75. The van der Waals surface area contributed by atoms with Gasteiger partial charge in [0, 0.05) is 12.1 Å². The maximum Gasteiger partial charge on any atom is 0.0609 e. The highest BCUT2D eigenvalue weighted by molar-refractivity contribution is 4.81. The molecule has 0 amide bonds. The smallest absolute Gasteiger partial charge is 0.0609 e. The van der Waals surface area contributed by atoms with Gasteiger partial charge in [-0.2, -0.15) is 0 Å². The van der Waals surface area contributed by atoms with Crippen LogP contribution in [0.15, 0.2) is 0 Å². The Balaban J connectivity index is 4.13. The Kier molecular flexibility index (Phi) is 3.73. The minimum absolute atomic E-state index is 0.104. The average molecular weight is 173 g/mol. The molecule has 0 heterocycles. The van der Waals surface area contributed by atoms with Crippen molar-refractivity contribution in [2.45, 2.75) is 40.2 Å². The molecule has 0 aromatic carbocycles. The van der Waals surface area contributed by atoms with Crippen molar-refractivity contribution >= 4 is 0 Å². The molecule has 0 atom stereocenters. The molecule has 0 unspecified atom stereocenters. The first-order valence-corrected chi connectivity index (χ1v) is 4.51. The molecule has 0 saturated carbocycles. The Hall–Kier alpha value is -0.0800. The predicted octanol–water partition coefficient (Wildman–Crippen LogP) is 1.74. The molecule has 74 valence electrons. The summed E-state index contributed by atoms with van der Waals surface area (Å²) in [4.78, 5) is 2.20. The van der Waals surface area contributed by atoms with E-state index >= 15 is 0 Å². The number of hydrogen-bond donors (Lipinski definition) is 1. The molecule has 0 rings (SSSR count). The van der Waals surface area contributed by atoms with Crippen LogP contribution in [0.5, 0.6) is 0 Å². The highest BCUT2D eigenvalue weighted by Gasteiger charge is 2.25. The molecule has 2 heteroatoms. The maximum atomic E-state index is 9.12. The van der Waals surface area contributed by atoms with Crippen LogP contribution in [-0.4, -0.2) is 35.7 Å². The van der Waals surface area contributed by atoms with Crippen LogP contribution >= 0.6 is 0 Å². The summed E-state index contributed by atoms with van der Waals surface area (Å²) in [5.41, 5.74) is 0.189. The number of hydrogen-bond acceptors (Lipinski definition) is 2. The molecular weight excluding hydrogens is 150 g/mol. The Morgan fingerprint density at radius 1 is 1.08 bits per heavy atom. The molecule has 0 aliphatic rings. The van der Waals surface area contributed by atoms with Crippen LogP contribution in [0, 0.1) is 5.41 Å². The third kappa shape index (κ3) is 4.07. The number of rotatable bonds is 3. The van der Waals surface area contributed by atoms with Gasteiger partial charge >= 0.3 is 0 Å². The standard InChI is InChI=1S/C10H23NO/c1-9(2,3)7-11(6)10(4,5)8-12/h12H,7-8H2,1-6H3. The van der Waals surface area contributed by atoms with E-state index in [0.717, 1.165) is 6.54 Å². The summed E-state index contributed by atoms with van der Waals surface area (Å²) < 4.78 is 0. The normalized spacial score (nSPS) is 14.0. The molecule has 0 aliphatic carbocycles. The largest absolute Gasteiger partial charge is 0.394 e. The van der Waals surface area contributed by atoms with Gasteiger partial charge in [0.1, 0.15) is 0 Å². The zero-order valence-electron chi connectivity index (χ0n) is 9.31. The van der Waals surface area contributed by atoms with Crippen molar-refractivity contribution in [2.24, 2.45) is 5.41 Å². The first-order chi connectivity index (χ1) is 5.19. The molecule has 0 aromatic heterocycles. The maximum absolute atomic E-state index is 9.12. The molecule has 1 N–H and O–H groups in total. The number of nitrogens with zero attached hydrogens (tertiary/aromatic N) is 1. The van der Waals surface area contributed by atoms with Crippen molar-refractivity contribution in [3.05, 3.63) is 0 Å². The minimum Gasteiger partial charge on any atom is -0.394 e. The summed E-state index contributed by atoms with van der Waals surface area (Å²) in [6.45, 7) is 11.9. The van der Waals surface area contributed by atoms with E-state index in [0.29, 0.717) is 5.41 Å². The number of aliphatic hydroxyl groups excluding tert-OH is 1. The summed E-state index contributed by atoms with van der Waals surface area (Å²) in [5, 5.41) is 9.12. The van der Waals surface area contributed by atoms with Crippen LogP contribution in [0.2, 0.25) is 0 Å². The first-order valence-electron chi connectivity index (χ1n) is 4.51. The Bertz CT molecular complexity index is 135. The zero-order chi connectivity index (χ0) is 9.99. The monoisotopic (exact) mass is 173 g/mol. The molecule has 0 aromatic rings. The van der Waals surface area contributed by atoms with Crippen LogP contribution in [0.3, 0.4) is 0 Å². The molecule has 0 saturated heterocycles. The highest BCUT2D eigenvalue weighted by Crippen LogP contribution is 2.20. The summed E-state index contributed by atoms with van der Waals surface area (Å²) >= 11 is 0. The summed E-state index contributed by atoms with van der Waals surface area (Å²) in [7, 11) is 2.06. The lowest BCUT2D eigenvalue weighted by molar-refractivity contribution is 0.0541. The average Bonchev–Trinajstić information content (AvgIpc) is 1.84. The van der Waals surface area contributed by atoms with Gasteiger partial charge in [-0.05, 0) is 26.3 Å². The van der Waals surface area contributed by atoms with Gasteiger partial charge in [-0.3, -0.25) is 4.90 Å². The van der Waals surface area contributed by atoms with Gasteiger partial charge in [0.25, 0.3) is 0 Å². The van der Waals surface area contributed by atoms with Crippen molar-refractivity contribution in [1.29, 1.82) is 0 Å². The van der Waals surface area contributed by atoms with E-state index in [9.17, 15) is 0 Å². The van der Waals surface area contributed by atoms with Crippen molar-refractivity contribution in [2.75, 3.05) is 20.2 Å². The molecule has 0 fully saturated rings. The van der Waals surface area contributed by atoms with Crippen LogP contribution in [-0.2, 0) is 0 Å². The predicted molar refractivity (Wildman–Crippen MR) is 53.2 cm³/mol. The highest BCUT2D eigenvalue weighted by atomic mass is 16.3. The van der Waals surface area contributed by atoms with Gasteiger partial charge in [0.2, 0.25) is 0 Å². The zero-order valence-corrected chi connectivity index (χ0v) is 9.31. The molecule has 12 heavy (non-hydrogen) atoms. The molecule has 2 nitrogen and oxygen atoms in total. The quantitative estimate of drug-likeness (QED) is 0.702. The third-order valence-corrected chi connectivity index (χ3v) is 2.13. The topological polar surface area (TPSA) is 23.5 Å². The minimum atomic E-state index is -0.104. The molecular formula is C10H23NO. The van der Waals surface area contributed by atoms with Gasteiger partial charge < -0.3 is 5.11 Å². The van der Waals surface area contributed by atoms with Crippen LogP contribution < -0.4 is 0 Å². The van der Waals surface area contributed by atoms with E-state index < -0.39 is 0 Å². The molecule has 0 bridgehead atoms. The molecule has 0 spiro atoms. The Morgan fingerprint density at radius 2 is 1.50 bits per heavy atom. The van der Waals surface area contributed by atoms with Gasteiger partial charge in [-0.1, -0.05) is 20.8 Å². The molecule has 0 radical (unpaired) electrons. The van der Waals surface area contributed by atoms with Crippen molar-refractivity contribution in [1.82, 2.24) is 4.90 Å². The Labute approximate surface area is 76.6 Å². The fraction of sp³-hybridized carbons (Fsp3) is 1.00. The van der Waals surface area contributed by atoms with Crippen molar-refractivity contribution in [3.63, 3.8) is 0 Å². The van der Waals surface area contributed by atoms with E-state index in [1.807, 2.05) is 0 Å².